The third-order valence-electron chi connectivity index (χ3n) is 8.23. The zero-order valence-electron chi connectivity index (χ0n) is 22.8. The minimum absolute atomic E-state index is 0.0298. The predicted octanol–water partition coefficient (Wildman–Crippen LogP) is 5.62. The molecule has 1 aromatic heterocycles. The Hall–Kier alpha value is -3.32. The lowest BCUT2D eigenvalue weighted by atomic mass is 9.81. The Morgan fingerprint density at radius 3 is 2.42 bits per heavy atom. The first-order chi connectivity index (χ1) is 18.3. The first-order valence-electron chi connectivity index (χ1n) is 13.9. The van der Waals surface area contributed by atoms with Crippen LogP contribution < -0.4 is 4.74 Å². The number of aromatic nitrogens is 1. The van der Waals surface area contributed by atoms with Gasteiger partial charge in [0.25, 0.3) is 0 Å². The van der Waals surface area contributed by atoms with E-state index in [1.54, 1.807) is 31.1 Å². The number of piperidine rings is 1. The molecule has 0 unspecified atom stereocenters. The van der Waals surface area contributed by atoms with Crippen molar-refractivity contribution in [1.82, 2.24) is 14.4 Å². The van der Waals surface area contributed by atoms with Gasteiger partial charge in [-0.05, 0) is 68.5 Å². The van der Waals surface area contributed by atoms with Crippen LogP contribution in [0.5, 0.6) is 5.75 Å². The average Bonchev–Trinajstić information content (AvgIpc) is 3.24. The van der Waals surface area contributed by atoms with Crippen LogP contribution in [0.15, 0.2) is 42.5 Å². The van der Waals surface area contributed by atoms with Crippen LogP contribution in [0.4, 0.5) is 0 Å². The molecule has 2 heterocycles. The van der Waals surface area contributed by atoms with Crippen molar-refractivity contribution >= 4 is 22.8 Å². The van der Waals surface area contributed by atoms with Crippen molar-refractivity contribution in [2.45, 2.75) is 63.5 Å². The van der Waals surface area contributed by atoms with Gasteiger partial charge in [-0.25, -0.2) is 4.79 Å². The molecule has 0 bridgehead atoms. The Labute approximate surface area is 225 Å². The number of carbonyl (C=O) groups is 2. The Morgan fingerprint density at radius 2 is 1.74 bits per heavy atom. The smallest absolute Gasteiger partial charge is 0.335 e. The van der Waals surface area contributed by atoms with Crippen molar-refractivity contribution < 1.29 is 19.4 Å². The van der Waals surface area contributed by atoms with E-state index in [-0.39, 0.29) is 24.1 Å². The maximum absolute atomic E-state index is 13.1. The number of hydrogen-bond acceptors (Lipinski definition) is 4. The van der Waals surface area contributed by atoms with Gasteiger partial charge in [-0.2, -0.15) is 0 Å². The summed E-state index contributed by atoms with van der Waals surface area (Å²) < 4.78 is 8.49. The Morgan fingerprint density at radius 1 is 1.00 bits per heavy atom. The summed E-state index contributed by atoms with van der Waals surface area (Å²) >= 11 is 0. The third-order valence-corrected chi connectivity index (χ3v) is 8.23. The quantitative estimate of drug-likeness (QED) is 0.441. The molecule has 5 rings (SSSR count). The monoisotopic (exact) mass is 517 g/mol. The molecule has 2 aliphatic rings. The second-order valence-corrected chi connectivity index (χ2v) is 11.2. The molecular formula is C31H39N3O4. The van der Waals surface area contributed by atoms with E-state index in [1.807, 2.05) is 22.8 Å². The first kappa shape index (κ1) is 26.3. The van der Waals surface area contributed by atoms with Crippen molar-refractivity contribution in [2.75, 3.05) is 34.2 Å². The average molecular weight is 518 g/mol. The molecule has 2 aromatic carbocycles. The van der Waals surface area contributed by atoms with Crippen molar-refractivity contribution in [2.24, 2.45) is 0 Å². The molecule has 3 aromatic rings. The second-order valence-electron chi connectivity index (χ2n) is 11.2. The minimum atomic E-state index is -0.965. The highest BCUT2D eigenvalue weighted by Crippen LogP contribution is 2.45. The topological polar surface area (TPSA) is 75.0 Å². The highest BCUT2D eigenvalue weighted by Gasteiger charge is 2.28. The predicted molar refractivity (Wildman–Crippen MR) is 150 cm³/mol. The number of aromatic carboxylic acids is 1. The fourth-order valence-corrected chi connectivity index (χ4v) is 6.08. The summed E-state index contributed by atoms with van der Waals surface area (Å²) in [6, 6.07) is 13.6. The van der Waals surface area contributed by atoms with Crippen LogP contribution in [-0.2, 0) is 11.3 Å². The SMILES string of the molecule is CN1CCC(Oc2cccc(-c3c(C4CCCCC4)c4ccc(C(=O)O)cc4n3CC(=O)N(C)C)c2)CC1. The molecule has 1 saturated heterocycles. The van der Waals surface area contributed by atoms with Crippen LogP contribution in [0.2, 0.25) is 0 Å². The number of amides is 1. The molecule has 7 heteroatoms. The molecular weight excluding hydrogens is 478 g/mol. The van der Waals surface area contributed by atoms with Crippen LogP contribution in [-0.4, -0.2) is 71.7 Å². The molecule has 1 aliphatic carbocycles. The van der Waals surface area contributed by atoms with Crippen molar-refractivity contribution in [3.8, 4) is 17.0 Å². The van der Waals surface area contributed by atoms with Gasteiger partial charge in [0.1, 0.15) is 18.4 Å². The van der Waals surface area contributed by atoms with Gasteiger partial charge in [-0.3, -0.25) is 4.79 Å². The molecule has 1 N–H and O–H groups in total. The van der Waals surface area contributed by atoms with E-state index in [1.165, 1.54) is 24.8 Å². The van der Waals surface area contributed by atoms with E-state index in [0.29, 0.717) is 5.92 Å². The number of nitrogens with zero attached hydrogens (tertiary/aromatic N) is 3. The lowest BCUT2D eigenvalue weighted by Crippen LogP contribution is -2.35. The highest BCUT2D eigenvalue weighted by molar-refractivity contribution is 5.99. The summed E-state index contributed by atoms with van der Waals surface area (Å²) in [6.07, 6.45) is 8.00. The molecule has 1 aliphatic heterocycles. The lowest BCUT2D eigenvalue weighted by molar-refractivity contribution is -0.129. The Kier molecular flexibility index (Phi) is 7.75. The van der Waals surface area contributed by atoms with E-state index in [0.717, 1.165) is 66.7 Å². The number of carboxylic acid groups (broad SMARTS) is 1. The molecule has 1 amide bonds. The molecule has 0 atom stereocenters. The van der Waals surface area contributed by atoms with Gasteiger partial charge in [0.15, 0.2) is 0 Å². The Balaban J connectivity index is 1.66. The van der Waals surface area contributed by atoms with Crippen LogP contribution in [0, 0.1) is 0 Å². The van der Waals surface area contributed by atoms with Gasteiger partial charge in [0.2, 0.25) is 5.91 Å². The number of fused-ring (bicyclic) bond motifs is 1. The fraction of sp³-hybridized carbons (Fsp3) is 0.484. The largest absolute Gasteiger partial charge is 0.490 e. The summed E-state index contributed by atoms with van der Waals surface area (Å²) in [5.41, 5.74) is 4.29. The van der Waals surface area contributed by atoms with Gasteiger partial charge in [0.05, 0.1) is 16.8 Å². The Bertz CT molecular complexity index is 1310. The van der Waals surface area contributed by atoms with E-state index in [9.17, 15) is 14.7 Å². The number of ether oxygens (including phenoxy) is 1. The van der Waals surface area contributed by atoms with E-state index in [2.05, 4.69) is 24.1 Å². The molecule has 202 valence electrons. The van der Waals surface area contributed by atoms with Crippen LogP contribution in [0.3, 0.4) is 0 Å². The molecule has 0 radical (unpaired) electrons. The maximum atomic E-state index is 13.1. The standard InChI is InChI=1S/C31H39N3O4/c1-32(2)28(35)20-34-27-19-23(31(36)37)12-13-26(27)29(21-8-5-4-6-9-21)30(34)22-10-7-11-25(18-22)38-24-14-16-33(3)17-15-24/h7,10-13,18-19,21,24H,4-6,8-9,14-17,20H2,1-3H3,(H,36,37). The fourth-order valence-electron chi connectivity index (χ4n) is 6.08. The number of hydrogen-bond donors (Lipinski definition) is 1. The zero-order valence-corrected chi connectivity index (χ0v) is 22.8. The van der Waals surface area contributed by atoms with Crippen molar-refractivity contribution in [3.05, 3.63) is 53.6 Å². The number of likely N-dealkylation sites (N-methyl/N-ethyl adjacent to an activating group) is 1. The second kappa shape index (κ2) is 11.2. The lowest BCUT2D eigenvalue weighted by Gasteiger charge is -2.29. The van der Waals surface area contributed by atoms with Gasteiger partial charge >= 0.3 is 5.97 Å². The van der Waals surface area contributed by atoms with Crippen molar-refractivity contribution in [3.63, 3.8) is 0 Å². The van der Waals surface area contributed by atoms with Gasteiger partial charge < -0.3 is 24.2 Å². The van der Waals surface area contributed by atoms with E-state index < -0.39 is 5.97 Å². The molecule has 38 heavy (non-hydrogen) atoms. The normalized spacial score (nSPS) is 17.6. The maximum Gasteiger partial charge on any atom is 0.335 e. The van der Waals surface area contributed by atoms with Gasteiger partial charge in [-0.15, -0.1) is 0 Å². The minimum Gasteiger partial charge on any atom is -0.490 e. The molecule has 7 nitrogen and oxygen atoms in total. The number of likely N-dealkylation sites (tertiary alicyclic amines) is 1. The zero-order chi connectivity index (χ0) is 26.8. The molecule has 0 spiro atoms. The summed E-state index contributed by atoms with van der Waals surface area (Å²) in [5, 5.41) is 10.8. The van der Waals surface area contributed by atoms with Crippen LogP contribution in [0.1, 0.15) is 66.8 Å². The van der Waals surface area contributed by atoms with E-state index in [4.69, 9.17) is 4.74 Å². The van der Waals surface area contributed by atoms with Crippen LogP contribution >= 0.6 is 0 Å². The number of carboxylic acids is 1. The van der Waals surface area contributed by atoms with Crippen LogP contribution in [0.25, 0.3) is 22.2 Å². The highest BCUT2D eigenvalue weighted by atomic mass is 16.5. The molecule has 1 saturated carbocycles. The summed E-state index contributed by atoms with van der Waals surface area (Å²) in [7, 11) is 5.66. The molecule has 2 fully saturated rings. The number of benzene rings is 2. The van der Waals surface area contributed by atoms with Gasteiger partial charge in [-0.1, -0.05) is 37.5 Å². The summed E-state index contributed by atoms with van der Waals surface area (Å²) in [6.45, 7) is 2.21. The first-order valence-corrected chi connectivity index (χ1v) is 13.9. The summed E-state index contributed by atoms with van der Waals surface area (Å²) in [5.74, 6) is 0.213. The third kappa shape index (κ3) is 5.44. The van der Waals surface area contributed by atoms with Crippen molar-refractivity contribution in [1.29, 1.82) is 0 Å². The number of carbonyl (C=O) groups excluding carboxylic acids is 1. The summed E-state index contributed by atoms with van der Waals surface area (Å²) in [4.78, 5) is 28.9. The van der Waals surface area contributed by atoms with E-state index >= 15 is 0 Å². The number of rotatable bonds is 7. The van der Waals surface area contributed by atoms with Gasteiger partial charge in [0, 0.05) is 38.1 Å².